The summed E-state index contributed by atoms with van der Waals surface area (Å²) in [5.74, 6) is 0. The Morgan fingerprint density at radius 1 is 0.448 bits per heavy atom. The van der Waals surface area contributed by atoms with E-state index in [9.17, 15) is 20.4 Å². The summed E-state index contributed by atoms with van der Waals surface area (Å²) in [6.07, 6.45) is 8.18. The quantitative estimate of drug-likeness (QED) is 0.227. The van der Waals surface area contributed by atoms with Crippen molar-refractivity contribution in [1.82, 2.24) is 9.80 Å². The summed E-state index contributed by atoms with van der Waals surface area (Å²) in [4.78, 5) is 4.69. The predicted octanol–water partition coefficient (Wildman–Crippen LogP) is 2.62. The first-order chi connectivity index (χ1) is 13.7. The van der Waals surface area contributed by atoms with Crippen LogP contribution in [0.15, 0.2) is 0 Å². The number of aliphatic hydroxyl groups excluding tert-OH is 4. The molecule has 0 saturated heterocycles. The van der Waals surface area contributed by atoms with E-state index in [1.54, 1.807) is 0 Å². The van der Waals surface area contributed by atoms with Gasteiger partial charge in [0, 0.05) is 13.1 Å². The topological polar surface area (TPSA) is 87.4 Å². The van der Waals surface area contributed by atoms with Crippen molar-refractivity contribution in [3.05, 3.63) is 0 Å². The van der Waals surface area contributed by atoms with Crippen LogP contribution in [0.4, 0.5) is 0 Å². The molecule has 4 atom stereocenters. The van der Waals surface area contributed by atoms with Gasteiger partial charge < -0.3 is 30.2 Å². The Hall–Kier alpha value is -0.240. The highest BCUT2D eigenvalue weighted by molar-refractivity contribution is 4.65. The molecule has 0 aliphatic rings. The summed E-state index contributed by atoms with van der Waals surface area (Å²) in [6, 6.07) is 0. The van der Waals surface area contributed by atoms with Crippen LogP contribution in [0.3, 0.4) is 0 Å². The molecule has 0 saturated carbocycles. The highest BCUT2D eigenvalue weighted by Crippen LogP contribution is 2.08. The van der Waals surface area contributed by atoms with E-state index in [2.05, 4.69) is 9.80 Å². The van der Waals surface area contributed by atoms with E-state index in [0.29, 0.717) is 13.1 Å². The normalized spacial score (nSPS) is 16.3. The number of nitrogens with zero attached hydrogens (tertiary/aromatic N) is 2. The van der Waals surface area contributed by atoms with E-state index in [1.807, 2.05) is 27.7 Å². The molecular formula is C23H50N2O4. The van der Waals surface area contributed by atoms with E-state index in [-0.39, 0.29) is 24.4 Å². The summed E-state index contributed by atoms with van der Waals surface area (Å²) in [6.45, 7) is 12.8. The zero-order valence-electron chi connectivity index (χ0n) is 19.6. The predicted molar refractivity (Wildman–Crippen MR) is 121 cm³/mol. The molecule has 0 aromatic rings. The molecule has 6 nitrogen and oxygen atoms in total. The average molecular weight is 419 g/mol. The molecule has 0 rings (SSSR count). The molecule has 0 spiro atoms. The molecule has 0 heterocycles. The smallest absolute Gasteiger partial charge is 0.0639 e. The van der Waals surface area contributed by atoms with Crippen molar-refractivity contribution >= 4 is 0 Å². The van der Waals surface area contributed by atoms with Crippen molar-refractivity contribution in [3.8, 4) is 0 Å². The van der Waals surface area contributed by atoms with Gasteiger partial charge in [-0.1, -0.05) is 6.42 Å². The summed E-state index contributed by atoms with van der Waals surface area (Å²) < 4.78 is 0. The van der Waals surface area contributed by atoms with Crippen LogP contribution < -0.4 is 0 Å². The molecule has 176 valence electrons. The van der Waals surface area contributed by atoms with Crippen molar-refractivity contribution in [2.24, 2.45) is 0 Å². The van der Waals surface area contributed by atoms with Gasteiger partial charge in [-0.2, -0.15) is 0 Å². The highest BCUT2D eigenvalue weighted by Gasteiger charge is 2.10. The maximum absolute atomic E-state index is 9.74. The zero-order chi connectivity index (χ0) is 22.1. The van der Waals surface area contributed by atoms with Crippen molar-refractivity contribution in [3.63, 3.8) is 0 Å². The second-order valence-corrected chi connectivity index (χ2v) is 9.05. The standard InChI is InChI=1S/C23H50N2O4/c1-20(26)12-6-10-16-24(18-22(3)28)14-8-5-9-15-25(19-23(4)29)17-11-7-13-21(2)27/h20-23,26-29H,5-19H2,1-4H3. The Labute approximate surface area is 179 Å². The molecule has 29 heavy (non-hydrogen) atoms. The van der Waals surface area contributed by atoms with Crippen molar-refractivity contribution < 1.29 is 20.4 Å². The van der Waals surface area contributed by atoms with Crippen LogP contribution >= 0.6 is 0 Å². The lowest BCUT2D eigenvalue weighted by Gasteiger charge is -2.25. The summed E-state index contributed by atoms with van der Waals surface area (Å²) in [5.41, 5.74) is 0. The summed E-state index contributed by atoms with van der Waals surface area (Å²) in [7, 11) is 0. The highest BCUT2D eigenvalue weighted by atomic mass is 16.3. The molecule has 6 heteroatoms. The van der Waals surface area contributed by atoms with Gasteiger partial charge in [-0.3, -0.25) is 0 Å². The van der Waals surface area contributed by atoms with Gasteiger partial charge >= 0.3 is 0 Å². The summed E-state index contributed by atoms with van der Waals surface area (Å²) in [5, 5.41) is 38.2. The summed E-state index contributed by atoms with van der Waals surface area (Å²) >= 11 is 0. The molecule has 4 unspecified atom stereocenters. The maximum atomic E-state index is 9.74. The van der Waals surface area contributed by atoms with Crippen LogP contribution in [0.5, 0.6) is 0 Å². The first kappa shape index (κ1) is 28.8. The van der Waals surface area contributed by atoms with Crippen LogP contribution in [-0.4, -0.2) is 93.9 Å². The number of unbranched alkanes of at least 4 members (excludes halogenated alkanes) is 4. The number of rotatable bonds is 20. The molecule has 0 bridgehead atoms. The fourth-order valence-electron chi connectivity index (χ4n) is 3.73. The molecule has 0 amide bonds. The van der Waals surface area contributed by atoms with Gasteiger partial charge in [0.15, 0.2) is 0 Å². The second-order valence-electron chi connectivity index (χ2n) is 9.05. The Balaban J connectivity index is 4.07. The van der Waals surface area contributed by atoms with E-state index in [0.717, 1.165) is 84.0 Å². The molecule has 0 aromatic heterocycles. The Kier molecular flexibility index (Phi) is 18.4. The van der Waals surface area contributed by atoms with Gasteiger partial charge in [-0.25, -0.2) is 0 Å². The van der Waals surface area contributed by atoms with Gasteiger partial charge in [0.25, 0.3) is 0 Å². The average Bonchev–Trinajstić information content (AvgIpc) is 2.60. The van der Waals surface area contributed by atoms with Gasteiger partial charge in [0.2, 0.25) is 0 Å². The van der Waals surface area contributed by atoms with Crippen LogP contribution in [0, 0.1) is 0 Å². The third-order valence-corrected chi connectivity index (χ3v) is 5.19. The van der Waals surface area contributed by atoms with Gasteiger partial charge in [-0.05, 0) is 105 Å². The van der Waals surface area contributed by atoms with E-state index >= 15 is 0 Å². The Bertz CT molecular complexity index is 320. The number of hydrogen-bond donors (Lipinski definition) is 4. The Morgan fingerprint density at radius 3 is 1.03 bits per heavy atom. The lowest BCUT2D eigenvalue weighted by molar-refractivity contribution is 0.117. The van der Waals surface area contributed by atoms with Crippen LogP contribution in [0.1, 0.15) is 85.5 Å². The monoisotopic (exact) mass is 418 g/mol. The minimum Gasteiger partial charge on any atom is -0.393 e. The minimum absolute atomic E-state index is 0.225. The molecule has 0 aromatic carbocycles. The molecular weight excluding hydrogens is 368 g/mol. The maximum Gasteiger partial charge on any atom is 0.0639 e. The van der Waals surface area contributed by atoms with E-state index in [1.165, 1.54) is 0 Å². The van der Waals surface area contributed by atoms with Gasteiger partial charge in [0.05, 0.1) is 24.4 Å². The SMILES string of the molecule is CC(O)CCCCN(CCCCCN(CCCCC(C)O)CC(C)O)CC(C)O. The van der Waals surface area contributed by atoms with Crippen molar-refractivity contribution in [1.29, 1.82) is 0 Å². The van der Waals surface area contributed by atoms with E-state index in [4.69, 9.17) is 0 Å². The van der Waals surface area contributed by atoms with Crippen molar-refractivity contribution in [2.75, 3.05) is 39.3 Å². The fourth-order valence-corrected chi connectivity index (χ4v) is 3.73. The fraction of sp³-hybridized carbons (Fsp3) is 1.00. The lowest BCUT2D eigenvalue weighted by Crippen LogP contribution is -2.34. The first-order valence-electron chi connectivity index (χ1n) is 11.9. The third-order valence-electron chi connectivity index (χ3n) is 5.19. The second kappa shape index (κ2) is 18.5. The third kappa shape index (κ3) is 20.8. The van der Waals surface area contributed by atoms with Gasteiger partial charge in [-0.15, -0.1) is 0 Å². The molecule has 0 aliphatic heterocycles. The largest absolute Gasteiger partial charge is 0.393 e. The van der Waals surface area contributed by atoms with Crippen LogP contribution in [-0.2, 0) is 0 Å². The zero-order valence-corrected chi connectivity index (χ0v) is 19.6. The Morgan fingerprint density at radius 2 is 0.759 bits per heavy atom. The molecule has 0 radical (unpaired) electrons. The molecule has 4 N–H and O–H groups in total. The lowest BCUT2D eigenvalue weighted by atomic mass is 10.1. The molecule has 0 fully saturated rings. The van der Waals surface area contributed by atoms with Crippen molar-refractivity contribution in [2.45, 2.75) is 110 Å². The van der Waals surface area contributed by atoms with Crippen LogP contribution in [0.25, 0.3) is 0 Å². The van der Waals surface area contributed by atoms with Crippen LogP contribution in [0.2, 0.25) is 0 Å². The first-order valence-corrected chi connectivity index (χ1v) is 11.9. The van der Waals surface area contributed by atoms with Gasteiger partial charge in [0.1, 0.15) is 0 Å². The molecule has 0 aliphatic carbocycles. The number of aliphatic hydroxyl groups is 4. The minimum atomic E-state index is -0.310. The number of hydrogen-bond acceptors (Lipinski definition) is 6. The van der Waals surface area contributed by atoms with E-state index < -0.39 is 0 Å².